The number of carboxylic acids is 1. The second-order valence-electron chi connectivity index (χ2n) is 8.28. The fourth-order valence-corrected chi connectivity index (χ4v) is 4.76. The number of rotatable bonds is 5. The molecule has 6 heteroatoms. The van der Waals surface area contributed by atoms with Gasteiger partial charge in [-0.05, 0) is 42.7 Å². The second-order valence-corrected chi connectivity index (χ2v) is 9.54. The lowest BCUT2D eigenvalue weighted by Crippen LogP contribution is -2.46. The Morgan fingerprint density at radius 1 is 1.38 bits per heavy atom. The first-order valence-corrected chi connectivity index (χ1v) is 10.7. The molecule has 1 aliphatic carbocycles. The Hall–Kier alpha value is -0.750. The van der Waals surface area contributed by atoms with Gasteiger partial charge in [-0.25, -0.2) is 0 Å². The SMILES string of the molecule is CSc1ccc(C(CC2CCC3(C2)OCC(C)(C)CO3)C(=O)O)cc1Cl. The van der Waals surface area contributed by atoms with Crippen molar-refractivity contribution in [2.45, 2.75) is 56.1 Å². The predicted molar refractivity (Wildman–Crippen MR) is 104 cm³/mol. The van der Waals surface area contributed by atoms with Crippen LogP contribution in [0.2, 0.25) is 5.02 Å². The Bertz CT molecular complexity index is 666. The summed E-state index contributed by atoms with van der Waals surface area (Å²) in [5.41, 5.74) is 0.816. The Balaban J connectivity index is 1.68. The van der Waals surface area contributed by atoms with E-state index in [2.05, 4.69) is 13.8 Å². The lowest BCUT2D eigenvalue weighted by Gasteiger charge is -2.41. The van der Waals surface area contributed by atoms with E-state index in [1.54, 1.807) is 17.8 Å². The highest BCUT2D eigenvalue weighted by atomic mass is 35.5. The number of aliphatic carboxylic acids is 1. The van der Waals surface area contributed by atoms with Gasteiger partial charge >= 0.3 is 5.97 Å². The average Bonchev–Trinajstić information content (AvgIpc) is 2.99. The number of thioether (sulfide) groups is 1. The minimum Gasteiger partial charge on any atom is -0.481 e. The van der Waals surface area contributed by atoms with E-state index in [9.17, 15) is 9.90 Å². The van der Waals surface area contributed by atoms with E-state index in [-0.39, 0.29) is 11.3 Å². The van der Waals surface area contributed by atoms with Crippen molar-refractivity contribution in [3.8, 4) is 0 Å². The average molecular weight is 399 g/mol. The number of benzene rings is 1. The van der Waals surface area contributed by atoms with Crippen LogP contribution in [-0.4, -0.2) is 36.3 Å². The molecular weight excluding hydrogens is 372 g/mol. The minimum absolute atomic E-state index is 0.0444. The van der Waals surface area contributed by atoms with Gasteiger partial charge in [0, 0.05) is 23.2 Å². The molecule has 2 unspecified atom stereocenters. The van der Waals surface area contributed by atoms with Crippen molar-refractivity contribution in [2.24, 2.45) is 11.3 Å². The molecule has 0 amide bonds. The zero-order valence-corrected chi connectivity index (χ0v) is 17.2. The Morgan fingerprint density at radius 3 is 2.65 bits per heavy atom. The maximum atomic E-state index is 11.9. The third-order valence-electron chi connectivity index (χ3n) is 5.43. The van der Waals surface area contributed by atoms with Crippen molar-refractivity contribution in [1.82, 2.24) is 0 Å². The normalized spacial score (nSPS) is 25.3. The van der Waals surface area contributed by atoms with Crippen LogP contribution in [0, 0.1) is 11.3 Å². The molecule has 0 radical (unpaired) electrons. The largest absolute Gasteiger partial charge is 0.481 e. The van der Waals surface area contributed by atoms with Crippen molar-refractivity contribution in [3.05, 3.63) is 28.8 Å². The van der Waals surface area contributed by atoms with E-state index >= 15 is 0 Å². The number of hydrogen-bond acceptors (Lipinski definition) is 4. The molecule has 2 fully saturated rings. The van der Waals surface area contributed by atoms with E-state index in [1.165, 1.54) is 0 Å². The van der Waals surface area contributed by atoms with E-state index in [4.69, 9.17) is 21.1 Å². The molecule has 0 aromatic heterocycles. The standard InChI is InChI=1S/C20H27ClO4S/c1-19(2)11-24-20(25-12-19)7-6-13(10-20)8-15(18(22)23)14-4-5-17(26-3)16(21)9-14/h4-5,9,13,15H,6-8,10-12H2,1-3H3,(H,22,23). The van der Waals surface area contributed by atoms with Crippen LogP contribution in [0.15, 0.2) is 23.1 Å². The molecule has 1 saturated heterocycles. The molecule has 2 atom stereocenters. The maximum Gasteiger partial charge on any atom is 0.310 e. The van der Waals surface area contributed by atoms with Gasteiger partial charge in [-0.2, -0.15) is 0 Å². The summed E-state index contributed by atoms with van der Waals surface area (Å²) in [6, 6.07) is 5.59. The van der Waals surface area contributed by atoms with E-state index < -0.39 is 17.7 Å². The Morgan fingerprint density at radius 2 is 2.08 bits per heavy atom. The van der Waals surface area contributed by atoms with Crippen LogP contribution in [0.5, 0.6) is 0 Å². The van der Waals surface area contributed by atoms with Crippen LogP contribution >= 0.6 is 23.4 Å². The van der Waals surface area contributed by atoms with Crippen LogP contribution < -0.4 is 0 Å². The number of carbonyl (C=O) groups is 1. The van der Waals surface area contributed by atoms with Gasteiger partial charge in [0.1, 0.15) is 0 Å². The quantitative estimate of drug-likeness (QED) is 0.691. The first-order chi connectivity index (χ1) is 12.2. The summed E-state index contributed by atoms with van der Waals surface area (Å²) in [6.45, 7) is 5.64. The van der Waals surface area contributed by atoms with Crippen LogP contribution in [0.25, 0.3) is 0 Å². The van der Waals surface area contributed by atoms with Gasteiger partial charge in [0.15, 0.2) is 5.79 Å². The highest BCUT2D eigenvalue weighted by molar-refractivity contribution is 7.98. The number of halogens is 1. The molecule has 144 valence electrons. The third-order valence-corrected chi connectivity index (χ3v) is 6.65. The molecule has 26 heavy (non-hydrogen) atoms. The van der Waals surface area contributed by atoms with Crippen molar-refractivity contribution in [3.63, 3.8) is 0 Å². The van der Waals surface area contributed by atoms with E-state index in [0.29, 0.717) is 24.7 Å². The van der Waals surface area contributed by atoms with Gasteiger partial charge in [0.05, 0.1) is 24.2 Å². The summed E-state index contributed by atoms with van der Waals surface area (Å²) in [6.07, 6.45) is 5.08. The third kappa shape index (κ3) is 4.38. The molecule has 1 aromatic carbocycles. The molecule has 1 N–H and O–H groups in total. The lowest BCUT2D eigenvalue weighted by atomic mass is 9.87. The number of carboxylic acid groups (broad SMARTS) is 1. The van der Waals surface area contributed by atoms with Gasteiger partial charge in [-0.15, -0.1) is 11.8 Å². The number of ether oxygens (including phenoxy) is 2. The van der Waals surface area contributed by atoms with Crippen molar-refractivity contribution in [1.29, 1.82) is 0 Å². The Labute approximate surface area is 164 Å². The fourth-order valence-electron chi connectivity index (χ4n) is 3.88. The van der Waals surface area contributed by atoms with Crippen molar-refractivity contribution < 1.29 is 19.4 Å². The van der Waals surface area contributed by atoms with Crippen LogP contribution in [-0.2, 0) is 14.3 Å². The molecule has 1 heterocycles. The smallest absolute Gasteiger partial charge is 0.310 e. The molecule has 0 bridgehead atoms. The van der Waals surface area contributed by atoms with E-state index in [0.717, 1.165) is 29.7 Å². The molecule has 3 rings (SSSR count). The van der Waals surface area contributed by atoms with Crippen molar-refractivity contribution >= 4 is 29.3 Å². The first-order valence-electron chi connectivity index (χ1n) is 9.08. The van der Waals surface area contributed by atoms with Gasteiger partial charge in [0.25, 0.3) is 0 Å². The van der Waals surface area contributed by atoms with Gasteiger partial charge in [-0.3, -0.25) is 4.79 Å². The highest BCUT2D eigenvalue weighted by Gasteiger charge is 2.46. The second kappa shape index (κ2) is 7.70. The minimum atomic E-state index is -0.800. The summed E-state index contributed by atoms with van der Waals surface area (Å²) < 4.78 is 12.2. The zero-order chi connectivity index (χ0) is 18.9. The fraction of sp³-hybridized carbons (Fsp3) is 0.650. The maximum absolute atomic E-state index is 11.9. The van der Waals surface area contributed by atoms with Crippen LogP contribution in [0.3, 0.4) is 0 Å². The lowest BCUT2D eigenvalue weighted by molar-refractivity contribution is -0.296. The summed E-state index contributed by atoms with van der Waals surface area (Å²) in [4.78, 5) is 12.9. The summed E-state index contributed by atoms with van der Waals surface area (Å²) in [5, 5.41) is 10.4. The van der Waals surface area contributed by atoms with Crippen molar-refractivity contribution in [2.75, 3.05) is 19.5 Å². The van der Waals surface area contributed by atoms with Crippen LogP contribution in [0.4, 0.5) is 0 Å². The van der Waals surface area contributed by atoms with Gasteiger partial charge in [-0.1, -0.05) is 31.5 Å². The summed E-state index contributed by atoms with van der Waals surface area (Å²) in [5.74, 6) is -1.59. The first kappa shape index (κ1) is 20.0. The molecule has 1 aliphatic heterocycles. The summed E-state index contributed by atoms with van der Waals surface area (Å²) in [7, 11) is 0. The number of hydrogen-bond donors (Lipinski definition) is 1. The topological polar surface area (TPSA) is 55.8 Å². The highest BCUT2D eigenvalue weighted by Crippen LogP contribution is 2.46. The monoisotopic (exact) mass is 398 g/mol. The van der Waals surface area contributed by atoms with Gasteiger partial charge in [0.2, 0.25) is 0 Å². The summed E-state index contributed by atoms with van der Waals surface area (Å²) >= 11 is 7.84. The molecule has 2 aliphatic rings. The van der Waals surface area contributed by atoms with E-state index in [1.807, 2.05) is 18.4 Å². The molecule has 1 aromatic rings. The zero-order valence-electron chi connectivity index (χ0n) is 15.6. The van der Waals surface area contributed by atoms with Gasteiger partial charge < -0.3 is 14.6 Å². The Kier molecular flexibility index (Phi) is 5.92. The predicted octanol–water partition coefficient (Wildman–Crippen LogP) is 5.19. The molecule has 4 nitrogen and oxygen atoms in total. The molecule has 1 spiro atoms. The van der Waals surface area contributed by atoms with Crippen LogP contribution in [0.1, 0.15) is 51.0 Å². The molecular formula is C20H27ClO4S. The molecule has 1 saturated carbocycles.